The molecule has 0 aromatic rings. The van der Waals surface area contributed by atoms with E-state index < -0.39 is 0 Å². The number of ketones is 1. The highest BCUT2D eigenvalue weighted by Crippen LogP contribution is 2.13. The van der Waals surface area contributed by atoms with Gasteiger partial charge in [-0.3, -0.25) is 9.69 Å². The average molecular weight is 198 g/mol. The van der Waals surface area contributed by atoms with Crippen LogP contribution in [0.1, 0.15) is 12.8 Å². The van der Waals surface area contributed by atoms with Crippen LogP contribution in [0.3, 0.4) is 0 Å². The summed E-state index contributed by atoms with van der Waals surface area (Å²) in [5.41, 5.74) is 0. The monoisotopic (exact) mass is 198 g/mol. The summed E-state index contributed by atoms with van der Waals surface area (Å²) in [6.07, 6.45) is 2.68. The van der Waals surface area contributed by atoms with Crippen molar-refractivity contribution in [3.8, 4) is 0 Å². The third-order valence-electron chi connectivity index (χ3n) is 2.81. The summed E-state index contributed by atoms with van der Waals surface area (Å²) >= 11 is 0. The van der Waals surface area contributed by atoms with E-state index in [0.29, 0.717) is 25.0 Å². The van der Waals surface area contributed by atoms with Crippen molar-refractivity contribution in [2.75, 3.05) is 39.3 Å². The molecule has 80 valence electrons. The molecular weight excluding hydrogens is 180 g/mol. The molecule has 1 atom stereocenters. The van der Waals surface area contributed by atoms with E-state index in [9.17, 15) is 4.79 Å². The van der Waals surface area contributed by atoms with Crippen LogP contribution in [0.4, 0.5) is 0 Å². The van der Waals surface area contributed by atoms with Gasteiger partial charge >= 0.3 is 0 Å². The van der Waals surface area contributed by atoms with Gasteiger partial charge in [-0.1, -0.05) is 0 Å². The van der Waals surface area contributed by atoms with E-state index in [1.165, 1.54) is 6.42 Å². The zero-order valence-electron chi connectivity index (χ0n) is 8.50. The van der Waals surface area contributed by atoms with Gasteiger partial charge in [-0.15, -0.1) is 0 Å². The van der Waals surface area contributed by atoms with Gasteiger partial charge in [0.15, 0.2) is 5.78 Å². The molecule has 0 aromatic carbocycles. The summed E-state index contributed by atoms with van der Waals surface area (Å²) < 4.78 is 5.56. The second kappa shape index (κ2) is 4.87. The number of carbonyl (C=O) groups excluding carboxylic acids is 1. The predicted molar refractivity (Wildman–Crippen MR) is 53.3 cm³/mol. The number of hydrogen-bond donors (Lipinski definition) is 1. The molecule has 0 aliphatic carbocycles. The summed E-state index contributed by atoms with van der Waals surface area (Å²) in [5, 5.41) is 3.12. The van der Waals surface area contributed by atoms with E-state index in [0.717, 1.165) is 32.7 Å². The van der Waals surface area contributed by atoms with E-state index in [1.807, 2.05) is 0 Å². The van der Waals surface area contributed by atoms with Gasteiger partial charge in [0.05, 0.1) is 19.2 Å². The average Bonchev–Trinajstić information content (AvgIpc) is 2.56. The van der Waals surface area contributed by atoms with Crippen LogP contribution in [-0.2, 0) is 9.53 Å². The Balaban J connectivity index is 1.79. The van der Waals surface area contributed by atoms with Gasteiger partial charge in [-0.05, 0) is 12.8 Å². The maximum absolute atomic E-state index is 11.3. The Morgan fingerprint density at radius 2 is 2.50 bits per heavy atom. The fourth-order valence-electron chi connectivity index (χ4n) is 2.08. The first-order valence-corrected chi connectivity index (χ1v) is 5.41. The largest absolute Gasteiger partial charge is 0.377 e. The van der Waals surface area contributed by atoms with Crippen molar-refractivity contribution in [1.29, 1.82) is 0 Å². The number of carbonyl (C=O) groups is 1. The second-order valence-electron chi connectivity index (χ2n) is 4.09. The topological polar surface area (TPSA) is 41.6 Å². The van der Waals surface area contributed by atoms with Crippen LogP contribution in [0.5, 0.6) is 0 Å². The van der Waals surface area contributed by atoms with Crippen molar-refractivity contribution in [3.63, 3.8) is 0 Å². The maximum atomic E-state index is 11.3. The molecule has 2 rings (SSSR count). The zero-order chi connectivity index (χ0) is 9.80. The molecule has 2 fully saturated rings. The fraction of sp³-hybridized carbons (Fsp3) is 0.900. The van der Waals surface area contributed by atoms with Crippen LogP contribution >= 0.6 is 0 Å². The van der Waals surface area contributed by atoms with Crippen molar-refractivity contribution in [1.82, 2.24) is 10.2 Å². The minimum absolute atomic E-state index is 0.292. The Labute approximate surface area is 84.6 Å². The van der Waals surface area contributed by atoms with Gasteiger partial charge < -0.3 is 10.1 Å². The van der Waals surface area contributed by atoms with E-state index >= 15 is 0 Å². The molecule has 0 spiro atoms. The zero-order valence-corrected chi connectivity index (χ0v) is 8.50. The van der Waals surface area contributed by atoms with E-state index in [4.69, 9.17) is 4.74 Å². The highest BCUT2D eigenvalue weighted by Gasteiger charge is 2.21. The van der Waals surface area contributed by atoms with Crippen LogP contribution in [0.15, 0.2) is 0 Å². The fourth-order valence-corrected chi connectivity index (χ4v) is 2.08. The van der Waals surface area contributed by atoms with Crippen molar-refractivity contribution in [2.24, 2.45) is 0 Å². The molecule has 4 heteroatoms. The van der Waals surface area contributed by atoms with Gasteiger partial charge in [-0.2, -0.15) is 0 Å². The van der Waals surface area contributed by atoms with Crippen molar-refractivity contribution >= 4 is 5.78 Å². The molecule has 0 saturated carbocycles. The molecule has 0 aromatic heterocycles. The highest BCUT2D eigenvalue weighted by molar-refractivity contribution is 5.82. The van der Waals surface area contributed by atoms with Crippen molar-refractivity contribution in [2.45, 2.75) is 18.9 Å². The smallest absolute Gasteiger partial charge is 0.160 e. The Morgan fingerprint density at radius 3 is 3.29 bits per heavy atom. The molecule has 4 nitrogen and oxygen atoms in total. The first kappa shape index (κ1) is 10.1. The number of nitrogens with one attached hydrogen (secondary N) is 1. The Bertz CT molecular complexity index is 202. The SMILES string of the molecule is O=C1CNCCN(CC2CCCO2)C1. The molecular formula is C10H18N2O2. The van der Waals surface area contributed by atoms with Gasteiger partial charge in [0.2, 0.25) is 0 Å². The third kappa shape index (κ3) is 2.77. The van der Waals surface area contributed by atoms with Crippen LogP contribution in [0.25, 0.3) is 0 Å². The molecule has 1 unspecified atom stereocenters. The molecule has 14 heavy (non-hydrogen) atoms. The maximum Gasteiger partial charge on any atom is 0.160 e. The lowest BCUT2D eigenvalue weighted by molar-refractivity contribution is -0.118. The van der Waals surface area contributed by atoms with Crippen LogP contribution in [0.2, 0.25) is 0 Å². The lowest BCUT2D eigenvalue weighted by Crippen LogP contribution is -2.36. The van der Waals surface area contributed by atoms with Crippen LogP contribution in [-0.4, -0.2) is 56.1 Å². The lowest BCUT2D eigenvalue weighted by Gasteiger charge is -2.21. The number of rotatable bonds is 2. The molecule has 0 radical (unpaired) electrons. The number of hydrogen-bond acceptors (Lipinski definition) is 4. The summed E-state index contributed by atoms with van der Waals surface area (Å²) in [4.78, 5) is 13.5. The molecule has 0 amide bonds. The van der Waals surface area contributed by atoms with Crippen molar-refractivity contribution < 1.29 is 9.53 Å². The minimum atomic E-state index is 0.292. The Morgan fingerprint density at radius 1 is 1.57 bits per heavy atom. The summed E-state index contributed by atoms with van der Waals surface area (Å²) in [6, 6.07) is 0. The predicted octanol–water partition coefficient (Wildman–Crippen LogP) is -0.360. The van der Waals surface area contributed by atoms with Gasteiger partial charge in [-0.25, -0.2) is 0 Å². The van der Waals surface area contributed by atoms with Crippen molar-refractivity contribution in [3.05, 3.63) is 0 Å². The quantitative estimate of drug-likeness (QED) is 0.658. The van der Waals surface area contributed by atoms with E-state index in [2.05, 4.69) is 10.2 Å². The molecule has 2 saturated heterocycles. The Kier molecular flexibility index (Phi) is 3.50. The molecule has 2 aliphatic rings. The summed E-state index contributed by atoms with van der Waals surface area (Å²) in [5.74, 6) is 0.292. The van der Waals surface area contributed by atoms with E-state index in [-0.39, 0.29) is 0 Å². The minimum Gasteiger partial charge on any atom is -0.377 e. The van der Waals surface area contributed by atoms with Crippen LogP contribution in [0, 0.1) is 0 Å². The van der Waals surface area contributed by atoms with Gasteiger partial charge in [0.25, 0.3) is 0 Å². The highest BCUT2D eigenvalue weighted by atomic mass is 16.5. The summed E-state index contributed by atoms with van der Waals surface area (Å²) in [7, 11) is 0. The number of Topliss-reactive ketones (excluding diaryl/α,β-unsaturated/α-hetero) is 1. The third-order valence-corrected chi connectivity index (χ3v) is 2.81. The number of nitrogens with zero attached hydrogens (tertiary/aromatic N) is 1. The van der Waals surface area contributed by atoms with E-state index in [1.54, 1.807) is 0 Å². The number of ether oxygens (including phenoxy) is 1. The molecule has 0 bridgehead atoms. The molecule has 1 N–H and O–H groups in total. The standard InChI is InChI=1S/C10H18N2O2/c13-9-6-11-3-4-12(7-9)8-10-2-1-5-14-10/h10-11H,1-8H2. The first-order chi connectivity index (χ1) is 6.84. The Hall–Kier alpha value is -0.450. The lowest BCUT2D eigenvalue weighted by atomic mass is 10.2. The molecule has 2 heterocycles. The first-order valence-electron chi connectivity index (χ1n) is 5.41. The molecule has 2 aliphatic heterocycles. The summed E-state index contributed by atoms with van der Waals surface area (Å²) in [6.45, 7) is 4.82. The van der Waals surface area contributed by atoms with Crippen LogP contribution < -0.4 is 5.32 Å². The van der Waals surface area contributed by atoms with Gasteiger partial charge in [0, 0.05) is 26.2 Å². The second-order valence-corrected chi connectivity index (χ2v) is 4.09. The van der Waals surface area contributed by atoms with Gasteiger partial charge in [0.1, 0.15) is 0 Å². The normalized spacial score (nSPS) is 30.6.